The quantitative estimate of drug-likeness (QED) is 0.819. The van der Waals surface area contributed by atoms with Crippen LogP contribution in [0.1, 0.15) is 17.2 Å². The molecule has 0 heterocycles. The molecule has 1 N–H and O–H groups in total. The first kappa shape index (κ1) is 15.4. The average molecular weight is 361 g/mol. The van der Waals surface area contributed by atoms with Crippen molar-refractivity contribution in [3.05, 3.63) is 68.7 Å². The summed E-state index contributed by atoms with van der Waals surface area (Å²) in [6.07, 6.45) is 0.547. The van der Waals surface area contributed by atoms with Crippen LogP contribution in [-0.4, -0.2) is 7.05 Å². The molecule has 2 rings (SSSR count). The Hall–Kier alpha value is -0.970. The minimum atomic E-state index is -0.444. The fourth-order valence-corrected chi connectivity index (χ4v) is 2.38. The first-order valence-corrected chi connectivity index (χ1v) is 7.24. The second-order valence-electron chi connectivity index (χ2n) is 4.47. The molecule has 0 aliphatic carbocycles. The van der Waals surface area contributed by atoms with Crippen LogP contribution >= 0.6 is 27.5 Å². The molecule has 0 aromatic heterocycles. The number of hydrogen-bond acceptors (Lipinski definition) is 1. The van der Waals surface area contributed by atoms with Crippen LogP contribution in [-0.2, 0) is 6.42 Å². The lowest BCUT2D eigenvalue weighted by atomic mass is 9.99. The van der Waals surface area contributed by atoms with E-state index in [1.165, 1.54) is 18.2 Å². The van der Waals surface area contributed by atoms with Gasteiger partial charge in [0.1, 0.15) is 11.6 Å². The van der Waals surface area contributed by atoms with Crippen molar-refractivity contribution < 1.29 is 8.78 Å². The third kappa shape index (κ3) is 3.57. The molecular formula is C15H13BrClF2N. The Kier molecular flexibility index (Phi) is 5.13. The van der Waals surface area contributed by atoms with Gasteiger partial charge in [0.15, 0.2) is 0 Å². The molecule has 0 radical (unpaired) electrons. The number of nitrogens with one attached hydrogen (secondary N) is 1. The summed E-state index contributed by atoms with van der Waals surface area (Å²) in [6, 6.07) is 9.57. The van der Waals surface area contributed by atoms with E-state index in [4.69, 9.17) is 11.6 Å². The van der Waals surface area contributed by atoms with Gasteiger partial charge < -0.3 is 5.32 Å². The van der Waals surface area contributed by atoms with E-state index in [1.807, 2.05) is 6.07 Å². The third-order valence-electron chi connectivity index (χ3n) is 3.12. The highest BCUT2D eigenvalue weighted by Crippen LogP contribution is 2.24. The van der Waals surface area contributed by atoms with E-state index in [9.17, 15) is 8.78 Å². The maximum Gasteiger partial charge on any atom is 0.142 e. The van der Waals surface area contributed by atoms with E-state index in [-0.39, 0.29) is 16.9 Å². The molecule has 0 aliphatic heterocycles. The molecule has 0 amide bonds. The SMILES string of the molecule is CNC(Cc1ccc(Cl)c(F)c1)c1ccc(Br)c(F)c1. The van der Waals surface area contributed by atoms with Crippen molar-refractivity contribution in [2.45, 2.75) is 12.5 Å². The topological polar surface area (TPSA) is 12.0 Å². The standard InChI is InChI=1S/C15H13BrClF2N/c1-20-15(10-3-4-11(16)13(18)8-10)7-9-2-5-12(17)14(19)6-9/h2-6,8,15,20H,7H2,1H3. The molecule has 0 aliphatic rings. The summed E-state index contributed by atoms with van der Waals surface area (Å²) in [5.41, 5.74) is 1.61. The zero-order valence-electron chi connectivity index (χ0n) is 10.8. The number of rotatable bonds is 4. The van der Waals surface area contributed by atoms with Crippen LogP contribution in [0.15, 0.2) is 40.9 Å². The maximum absolute atomic E-state index is 13.6. The van der Waals surface area contributed by atoms with E-state index in [1.54, 1.807) is 19.2 Å². The second kappa shape index (κ2) is 6.66. The highest BCUT2D eigenvalue weighted by Gasteiger charge is 2.13. The summed E-state index contributed by atoms with van der Waals surface area (Å²) in [7, 11) is 1.79. The molecule has 1 unspecified atom stereocenters. The van der Waals surface area contributed by atoms with Gasteiger partial charge in [0.2, 0.25) is 0 Å². The Morgan fingerprint density at radius 2 is 1.90 bits per heavy atom. The highest BCUT2D eigenvalue weighted by molar-refractivity contribution is 9.10. The summed E-state index contributed by atoms with van der Waals surface area (Å²) in [4.78, 5) is 0. The summed E-state index contributed by atoms with van der Waals surface area (Å²) in [6.45, 7) is 0. The molecule has 2 aromatic rings. The summed E-state index contributed by atoms with van der Waals surface area (Å²) < 4.78 is 27.4. The first-order valence-electron chi connectivity index (χ1n) is 6.07. The number of hydrogen-bond donors (Lipinski definition) is 1. The van der Waals surface area contributed by atoms with Crippen LogP contribution in [0.25, 0.3) is 0 Å². The lowest BCUT2D eigenvalue weighted by molar-refractivity contribution is 0.571. The average Bonchev–Trinajstić information content (AvgIpc) is 2.43. The van der Waals surface area contributed by atoms with Crippen molar-refractivity contribution >= 4 is 27.5 Å². The Balaban J connectivity index is 2.23. The van der Waals surface area contributed by atoms with E-state index in [0.717, 1.165) is 11.1 Å². The lowest BCUT2D eigenvalue weighted by Crippen LogP contribution is -2.19. The Bertz CT molecular complexity index is 619. The number of likely N-dealkylation sites (N-methyl/N-ethyl adjacent to an activating group) is 1. The van der Waals surface area contributed by atoms with E-state index in [0.29, 0.717) is 10.9 Å². The zero-order valence-corrected chi connectivity index (χ0v) is 13.1. The van der Waals surface area contributed by atoms with Gasteiger partial charge in [-0.2, -0.15) is 0 Å². The monoisotopic (exact) mass is 359 g/mol. The van der Waals surface area contributed by atoms with Crippen LogP contribution in [0.3, 0.4) is 0 Å². The summed E-state index contributed by atoms with van der Waals surface area (Å²) >= 11 is 8.79. The van der Waals surface area contributed by atoms with Gasteiger partial charge >= 0.3 is 0 Å². The van der Waals surface area contributed by atoms with Gasteiger partial charge in [-0.25, -0.2) is 8.78 Å². The van der Waals surface area contributed by atoms with Crippen LogP contribution in [0.2, 0.25) is 5.02 Å². The summed E-state index contributed by atoms with van der Waals surface area (Å²) in [5.74, 6) is -0.758. The lowest BCUT2D eigenvalue weighted by Gasteiger charge is -2.17. The largest absolute Gasteiger partial charge is 0.313 e. The molecule has 5 heteroatoms. The second-order valence-corrected chi connectivity index (χ2v) is 5.73. The van der Waals surface area contributed by atoms with E-state index >= 15 is 0 Å². The van der Waals surface area contributed by atoms with Gasteiger partial charge in [-0.1, -0.05) is 23.7 Å². The molecule has 0 bridgehead atoms. The van der Waals surface area contributed by atoms with Crippen molar-refractivity contribution in [2.75, 3.05) is 7.05 Å². The van der Waals surface area contributed by atoms with Crippen LogP contribution in [0.5, 0.6) is 0 Å². The van der Waals surface area contributed by atoms with E-state index < -0.39 is 5.82 Å². The molecule has 0 fully saturated rings. The molecule has 1 nitrogen and oxygen atoms in total. The molecule has 20 heavy (non-hydrogen) atoms. The van der Waals surface area contributed by atoms with Crippen molar-refractivity contribution in [2.24, 2.45) is 0 Å². The van der Waals surface area contributed by atoms with Gasteiger partial charge in [-0.3, -0.25) is 0 Å². The van der Waals surface area contributed by atoms with Gasteiger partial charge in [0.05, 0.1) is 9.50 Å². The Labute approximate surface area is 130 Å². The van der Waals surface area contributed by atoms with Crippen molar-refractivity contribution in [3.8, 4) is 0 Å². The fraction of sp³-hybridized carbons (Fsp3) is 0.200. The molecule has 2 aromatic carbocycles. The van der Waals surface area contributed by atoms with Crippen molar-refractivity contribution in [1.82, 2.24) is 5.32 Å². The fourth-order valence-electron chi connectivity index (χ4n) is 2.02. The Morgan fingerprint density at radius 1 is 1.15 bits per heavy atom. The first-order chi connectivity index (χ1) is 9.51. The third-order valence-corrected chi connectivity index (χ3v) is 4.07. The molecule has 106 valence electrons. The molecule has 1 atom stereocenters. The molecule has 0 saturated heterocycles. The summed E-state index contributed by atoms with van der Waals surface area (Å²) in [5, 5.41) is 3.21. The van der Waals surface area contributed by atoms with Gasteiger partial charge in [0.25, 0.3) is 0 Å². The normalized spacial score (nSPS) is 12.4. The van der Waals surface area contributed by atoms with Gasteiger partial charge in [-0.05, 0) is 64.8 Å². The van der Waals surface area contributed by atoms with Crippen LogP contribution in [0.4, 0.5) is 8.78 Å². The van der Waals surface area contributed by atoms with Crippen molar-refractivity contribution in [3.63, 3.8) is 0 Å². The van der Waals surface area contributed by atoms with Crippen LogP contribution < -0.4 is 5.32 Å². The maximum atomic E-state index is 13.6. The van der Waals surface area contributed by atoms with Crippen LogP contribution in [0, 0.1) is 11.6 Å². The Morgan fingerprint density at radius 3 is 2.50 bits per heavy atom. The van der Waals surface area contributed by atoms with Gasteiger partial charge in [0, 0.05) is 6.04 Å². The molecular weight excluding hydrogens is 348 g/mol. The number of benzene rings is 2. The van der Waals surface area contributed by atoms with Crippen molar-refractivity contribution in [1.29, 1.82) is 0 Å². The zero-order chi connectivity index (χ0) is 14.7. The van der Waals surface area contributed by atoms with Gasteiger partial charge in [-0.15, -0.1) is 0 Å². The molecule has 0 saturated carbocycles. The predicted octanol–water partition coefficient (Wildman–Crippen LogP) is 4.88. The number of halogens is 4. The minimum Gasteiger partial charge on any atom is -0.313 e. The highest BCUT2D eigenvalue weighted by atomic mass is 79.9. The smallest absolute Gasteiger partial charge is 0.142 e. The minimum absolute atomic E-state index is 0.0989. The predicted molar refractivity (Wildman–Crippen MR) is 81.0 cm³/mol. The molecule has 0 spiro atoms. The van der Waals surface area contributed by atoms with E-state index in [2.05, 4.69) is 21.2 Å².